The third kappa shape index (κ3) is 8.96. The Kier molecular flexibility index (Phi) is 8.75. The first kappa shape index (κ1) is 29.4. The van der Waals surface area contributed by atoms with Crippen molar-refractivity contribution in [3.63, 3.8) is 0 Å². The summed E-state index contributed by atoms with van der Waals surface area (Å²) in [6, 6.07) is 8.68. The second-order valence-corrected chi connectivity index (χ2v) is 14.0. The fourth-order valence-electron chi connectivity index (χ4n) is 6.33. The van der Waals surface area contributed by atoms with E-state index in [2.05, 4.69) is 5.32 Å². The Labute approximate surface area is 295 Å². The van der Waals surface area contributed by atoms with Gasteiger partial charge in [-0.3, -0.25) is 9.59 Å². The van der Waals surface area contributed by atoms with Gasteiger partial charge in [0.2, 0.25) is 0 Å². The first-order valence-electron chi connectivity index (χ1n) is 18.9. The molecule has 1 fully saturated rings. The van der Waals surface area contributed by atoms with Crippen LogP contribution < -0.4 is 5.32 Å². The second kappa shape index (κ2) is 14.6. The Bertz CT molecular complexity index is 2010. The van der Waals surface area contributed by atoms with Crippen LogP contribution in [-0.4, -0.2) is 45.1 Å². The number of carbonyl (C=O) groups is 2. The number of benzene rings is 3. The zero-order chi connectivity index (χ0) is 39.9. The van der Waals surface area contributed by atoms with Crippen molar-refractivity contribution >= 4 is 17.6 Å². The molecule has 1 aromatic heterocycles. The van der Waals surface area contributed by atoms with Crippen molar-refractivity contribution in [3.8, 4) is 28.1 Å². The Morgan fingerprint density at radius 2 is 1.65 bits per heavy atom. The highest BCUT2D eigenvalue weighted by atomic mass is 19.1. The van der Waals surface area contributed by atoms with Crippen LogP contribution in [0.4, 0.5) is 10.1 Å². The molecule has 0 aliphatic carbocycles. The summed E-state index contributed by atoms with van der Waals surface area (Å²) in [6.07, 6.45) is -0.199. The molecule has 0 bridgehead atoms. The lowest BCUT2D eigenvalue weighted by atomic mass is 9.94. The van der Waals surface area contributed by atoms with Gasteiger partial charge in [0.25, 0.3) is 5.91 Å². The second-order valence-electron chi connectivity index (χ2n) is 14.0. The number of esters is 1. The predicted molar refractivity (Wildman–Crippen MR) is 189 cm³/mol. The van der Waals surface area contributed by atoms with Crippen LogP contribution in [-0.2, 0) is 25.5 Å². The zero-order valence-corrected chi connectivity index (χ0v) is 29.0. The predicted octanol–water partition coefficient (Wildman–Crippen LogP) is 9.07. The molecule has 9 heteroatoms. The third-order valence-corrected chi connectivity index (χ3v) is 7.99. The minimum absolute atomic E-state index is 0.00715. The van der Waals surface area contributed by atoms with Crippen molar-refractivity contribution in [2.75, 3.05) is 5.32 Å². The summed E-state index contributed by atoms with van der Waals surface area (Å²) >= 11 is 0. The molecule has 1 aliphatic rings. The molecule has 49 heavy (non-hydrogen) atoms. The zero-order valence-electron chi connectivity index (χ0n) is 34.0. The minimum Gasteiger partial charge on any atom is -0.508 e. The number of carbonyl (C=O) groups excluding carboxylic acids is 2. The summed E-state index contributed by atoms with van der Waals surface area (Å²) in [5, 5.41) is 12.7. The molecule has 260 valence electrons. The van der Waals surface area contributed by atoms with Crippen molar-refractivity contribution in [2.24, 2.45) is 0 Å². The maximum atomic E-state index is 14.6. The molecule has 3 aromatic carbocycles. The van der Waals surface area contributed by atoms with Gasteiger partial charge in [0.15, 0.2) is 5.79 Å². The van der Waals surface area contributed by atoms with E-state index in [1.807, 2.05) is 18.4 Å². The Morgan fingerprint density at radius 1 is 1.02 bits per heavy atom. The molecule has 4 aromatic rings. The molecule has 0 radical (unpaired) electrons. The monoisotopic (exact) mass is 675 g/mol. The van der Waals surface area contributed by atoms with E-state index in [-0.39, 0.29) is 41.3 Å². The molecule has 2 unspecified atom stereocenters. The van der Waals surface area contributed by atoms with E-state index in [4.69, 9.17) is 21.1 Å². The van der Waals surface area contributed by atoms with Crippen LogP contribution in [0.1, 0.15) is 96.6 Å². The molecule has 1 aliphatic heterocycles. The average molecular weight is 676 g/mol. The summed E-state index contributed by atoms with van der Waals surface area (Å²) in [6.45, 7) is 12.9. The number of ether oxygens (including phenoxy) is 3. The molecule has 1 amide bonds. The third-order valence-electron chi connectivity index (χ3n) is 7.99. The number of phenolic OH excluding ortho intramolecular Hbond substituents is 1. The standard InChI is InChI=1S/C40H47FN2O6/c1-25(2)36-35(38(46)42-29-17-19-30(44)20-18-29)34(26-11-9-8-10-12-26)37(27-13-15-28(41)16-14-27)43(36)22-21-31-23-32(48-40(6,7)47-31)24-33(45)49-39(3,4)5/h8-20,25,31-32,44H,21-24H2,1-7H3,(H,42,46)/i8D,9D,10D,11D,12D. The molecule has 2 N–H and O–H groups in total. The molecule has 2 heterocycles. The molecule has 8 nitrogen and oxygen atoms in total. The number of halogens is 1. The number of rotatable bonds is 10. The van der Waals surface area contributed by atoms with E-state index in [9.17, 15) is 19.1 Å². The van der Waals surface area contributed by atoms with Crippen LogP contribution >= 0.6 is 0 Å². The maximum absolute atomic E-state index is 14.6. The summed E-state index contributed by atoms with van der Waals surface area (Å²) in [5.41, 5.74) is 0.970. The van der Waals surface area contributed by atoms with Gasteiger partial charge in [-0.25, -0.2) is 4.39 Å². The maximum Gasteiger partial charge on any atom is 0.308 e. The van der Waals surface area contributed by atoms with Gasteiger partial charge >= 0.3 is 5.97 Å². The van der Waals surface area contributed by atoms with Crippen molar-refractivity contribution in [1.29, 1.82) is 0 Å². The average Bonchev–Trinajstić information content (AvgIpc) is 3.40. The number of amides is 1. The van der Waals surface area contributed by atoms with Gasteiger partial charge < -0.3 is 29.2 Å². The summed E-state index contributed by atoms with van der Waals surface area (Å²) < 4.78 is 77.6. The number of hydrogen-bond acceptors (Lipinski definition) is 6. The molecular formula is C40H47FN2O6. The lowest BCUT2D eigenvalue weighted by Gasteiger charge is -2.41. The smallest absolute Gasteiger partial charge is 0.308 e. The van der Waals surface area contributed by atoms with Gasteiger partial charge in [0.05, 0.1) is 36.7 Å². The van der Waals surface area contributed by atoms with Crippen LogP contribution in [0.3, 0.4) is 0 Å². The van der Waals surface area contributed by atoms with Gasteiger partial charge in [-0.05, 0) is 107 Å². The van der Waals surface area contributed by atoms with Crippen molar-refractivity contribution in [3.05, 3.63) is 95.8 Å². The van der Waals surface area contributed by atoms with E-state index < -0.39 is 71.5 Å². The van der Waals surface area contributed by atoms with E-state index in [1.165, 1.54) is 48.5 Å². The van der Waals surface area contributed by atoms with Crippen LogP contribution in [0, 0.1) is 5.82 Å². The first-order valence-corrected chi connectivity index (χ1v) is 16.4. The summed E-state index contributed by atoms with van der Waals surface area (Å²) in [5.74, 6) is -2.93. The van der Waals surface area contributed by atoms with Crippen LogP contribution in [0.2, 0.25) is 0 Å². The van der Waals surface area contributed by atoms with E-state index >= 15 is 0 Å². The molecule has 2 atom stereocenters. The van der Waals surface area contributed by atoms with E-state index in [0.717, 1.165) is 0 Å². The lowest BCUT2D eigenvalue weighted by Crippen LogP contribution is -2.46. The number of aromatic nitrogens is 1. The van der Waals surface area contributed by atoms with Gasteiger partial charge in [0.1, 0.15) is 17.2 Å². The minimum atomic E-state index is -1.04. The molecule has 0 spiro atoms. The number of nitrogens with one attached hydrogen (secondary N) is 1. The van der Waals surface area contributed by atoms with E-state index in [0.29, 0.717) is 35.5 Å². The number of nitrogens with zero attached hydrogens (tertiary/aromatic N) is 1. The lowest BCUT2D eigenvalue weighted by molar-refractivity contribution is -0.301. The fourth-order valence-corrected chi connectivity index (χ4v) is 6.33. The van der Waals surface area contributed by atoms with Gasteiger partial charge in [-0.2, -0.15) is 0 Å². The van der Waals surface area contributed by atoms with Gasteiger partial charge in [-0.15, -0.1) is 0 Å². The SMILES string of the molecule is [2H]c1c([2H])c([2H])c(-c2c(C(=O)Nc3ccc(O)cc3)c(C(C)C)n(CCC3CC(CC(=O)OC(C)(C)C)OC(C)(C)O3)c2-c2ccc(F)cc2)c([2H])c1[2H]. The topological polar surface area (TPSA) is 99.0 Å². The first-order chi connectivity index (χ1) is 25.2. The summed E-state index contributed by atoms with van der Waals surface area (Å²) in [4.78, 5) is 27.4. The highest BCUT2D eigenvalue weighted by Gasteiger charge is 2.38. The number of phenols is 1. The highest BCUT2D eigenvalue weighted by molar-refractivity contribution is 6.12. The van der Waals surface area contributed by atoms with Gasteiger partial charge in [0, 0.05) is 29.9 Å². The van der Waals surface area contributed by atoms with Crippen molar-refractivity contribution < 1.29 is 40.2 Å². The van der Waals surface area contributed by atoms with Crippen LogP contribution in [0.25, 0.3) is 22.4 Å². The molecular weight excluding hydrogens is 623 g/mol. The van der Waals surface area contributed by atoms with Crippen molar-refractivity contribution in [2.45, 2.75) is 104 Å². The van der Waals surface area contributed by atoms with Crippen LogP contribution in [0.5, 0.6) is 5.75 Å². The molecule has 5 rings (SSSR count). The molecule has 0 saturated carbocycles. The number of aromatic hydroxyl groups is 1. The van der Waals surface area contributed by atoms with Crippen LogP contribution in [0.15, 0.2) is 78.7 Å². The molecule has 1 saturated heterocycles. The highest BCUT2D eigenvalue weighted by Crippen LogP contribution is 2.43. The van der Waals surface area contributed by atoms with Crippen molar-refractivity contribution in [1.82, 2.24) is 4.57 Å². The number of anilines is 1. The fraction of sp³-hybridized carbons (Fsp3) is 0.400. The Morgan fingerprint density at radius 3 is 2.27 bits per heavy atom. The quantitative estimate of drug-likeness (QED) is 0.129. The Balaban J connectivity index is 1.72. The number of hydrogen-bond donors (Lipinski definition) is 2. The van der Waals surface area contributed by atoms with Gasteiger partial charge in [-0.1, -0.05) is 44.1 Å². The largest absolute Gasteiger partial charge is 0.508 e. The Hall–Kier alpha value is -4.47. The van der Waals surface area contributed by atoms with E-state index in [1.54, 1.807) is 34.6 Å². The normalized spacial score (nSPS) is 19.0. The summed E-state index contributed by atoms with van der Waals surface area (Å²) in [7, 11) is 0.